The van der Waals surface area contributed by atoms with Gasteiger partial charge in [-0.05, 0) is 62.1 Å². The second-order valence-electron chi connectivity index (χ2n) is 9.57. The van der Waals surface area contributed by atoms with Crippen LogP contribution in [-0.2, 0) is 0 Å². The molecule has 39 heavy (non-hydrogen) atoms. The van der Waals surface area contributed by atoms with Gasteiger partial charge in [-0.2, -0.15) is 0 Å². The van der Waals surface area contributed by atoms with E-state index < -0.39 is 5.82 Å². The molecule has 2 amide bonds. The van der Waals surface area contributed by atoms with Crippen molar-refractivity contribution in [2.24, 2.45) is 0 Å². The van der Waals surface area contributed by atoms with Crippen molar-refractivity contribution in [2.75, 3.05) is 12.4 Å². The highest BCUT2D eigenvalue weighted by atomic mass is 35.5. The summed E-state index contributed by atoms with van der Waals surface area (Å²) in [7, 11) is 1.56. The zero-order valence-electron chi connectivity index (χ0n) is 21.0. The number of hydrogen-bond donors (Lipinski definition) is 1. The Bertz CT molecular complexity index is 1570. The summed E-state index contributed by atoms with van der Waals surface area (Å²) in [6, 6.07) is 14.7. The van der Waals surface area contributed by atoms with Gasteiger partial charge in [-0.3, -0.25) is 14.5 Å². The standard InChI is InChI=1S/C29H24ClFN4O4/c1-38-25-14-24-21(27(33-15-32-24)34-16-6-11-23(31)22(30)12-16)13-26(25)39-18-9-7-17(8-10-18)35-28(36)19-4-2-3-5-20(19)29(35)37/h2-6,11-15,17-18H,7-10H2,1H3,(H,32,33,34)/t17-,18-. The third-order valence-electron chi connectivity index (χ3n) is 7.23. The quantitative estimate of drug-likeness (QED) is 0.289. The molecule has 0 bridgehead atoms. The maximum Gasteiger partial charge on any atom is 0.261 e. The smallest absolute Gasteiger partial charge is 0.261 e. The summed E-state index contributed by atoms with van der Waals surface area (Å²) in [6.07, 6.45) is 3.93. The Morgan fingerprint density at radius 1 is 0.949 bits per heavy atom. The second kappa shape index (κ2) is 10.1. The fraction of sp³-hybridized carbons (Fsp3) is 0.241. The molecule has 3 aromatic carbocycles. The molecular formula is C29H24ClFN4O4. The van der Waals surface area contributed by atoms with Crippen molar-refractivity contribution in [1.29, 1.82) is 0 Å². The maximum atomic E-state index is 13.6. The molecule has 1 aliphatic heterocycles. The van der Waals surface area contributed by atoms with Gasteiger partial charge >= 0.3 is 0 Å². The number of nitrogens with one attached hydrogen (secondary N) is 1. The molecule has 2 heterocycles. The zero-order chi connectivity index (χ0) is 27.1. The molecule has 0 radical (unpaired) electrons. The fourth-order valence-electron chi connectivity index (χ4n) is 5.27. The van der Waals surface area contributed by atoms with Gasteiger partial charge < -0.3 is 14.8 Å². The van der Waals surface area contributed by atoms with E-state index in [2.05, 4.69) is 15.3 Å². The lowest BCUT2D eigenvalue weighted by atomic mass is 9.91. The number of ether oxygens (including phenoxy) is 2. The SMILES string of the molecule is COc1cc2ncnc(Nc3ccc(F)c(Cl)c3)c2cc1O[C@H]1CC[C@H](N2C(=O)c3ccccc3C2=O)CC1. The lowest BCUT2D eigenvalue weighted by Crippen LogP contribution is -2.43. The van der Waals surface area contributed by atoms with E-state index in [1.807, 2.05) is 6.07 Å². The van der Waals surface area contributed by atoms with Crippen molar-refractivity contribution in [3.63, 3.8) is 0 Å². The van der Waals surface area contributed by atoms with Gasteiger partial charge in [-0.1, -0.05) is 23.7 Å². The summed E-state index contributed by atoms with van der Waals surface area (Å²) >= 11 is 5.94. The van der Waals surface area contributed by atoms with Crippen LogP contribution in [0.4, 0.5) is 15.9 Å². The van der Waals surface area contributed by atoms with Crippen molar-refractivity contribution >= 4 is 45.8 Å². The number of imide groups is 1. The molecule has 198 valence electrons. The van der Waals surface area contributed by atoms with Crippen LogP contribution in [0.2, 0.25) is 5.02 Å². The molecule has 1 aromatic heterocycles. The number of carbonyl (C=O) groups excluding carboxylic acids is 2. The number of nitrogens with zero attached hydrogens (tertiary/aromatic N) is 3. The number of aromatic nitrogens is 2. The molecule has 8 nitrogen and oxygen atoms in total. The van der Waals surface area contributed by atoms with Crippen LogP contribution in [0.3, 0.4) is 0 Å². The third-order valence-corrected chi connectivity index (χ3v) is 7.52. The van der Waals surface area contributed by atoms with Gasteiger partial charge in [0.05, 0.1) is 34.9 Å². The van der Waals surface area contributed by atoms with E-state index in [1.165, 1.54) is 23.4 Å². The molecule has 1 fully saturated rings. The fourth-order valence-corrected chi connectivity index (χ4v) is 5.45. The molecule has 0 unspecified atom stereocenters. The molecule has 10 heteroatoms. The topological polar surface area (TPSA) is 93.7 Å². The summed E-state index contributed by atoms with van der Waals surface area (Å²) in [5, 5.41) is 3.86. The first-order chi connectivity index (χ1) is 18.9. The predicted octanol–water partition coefficient (Wildman–Crippen LogP) is 6.16. The van der Waals surface area contributed by atoms with Crippen LogP contribution < -0.4 is 14.8 Å². The molecular weight excluding hydrogens is 523 g/mol. The van der Waals surface area contributed by atoms with Crippen LogP contribution in [0.25, 0.3) is 10.9 Å². The molecule has 1 saturated carbocycles. The number of amides is 2. The normalized spacial score (nSPS) is 18.8. The minimum absolute atomic E-state index is 0.000802. The Morgan fingerprint density at radius 2 is 1.67 bits per heavy atom. The number of methoxy groups -OCH3 is 1. The van der Waals surface area contributed by atoms with Crippen molar-refractivity contribution in [3.8, 4) is 11.5 Å². The van der Waals surface area contributed by atoms with Gasteiger partial charge in [-0.25, -0.2) is 14.4 Å². The van der Waals surface area contributed by atoms with Gasteiger partial charge in [0.15, 0.2) is 11.5 Å². The van der Waals surface area contributed by atoms with Crippen LogP contribution in [-0.4, -0.2) is 45.9 Å². The van der Waals surface area contributed by atoms with E-state index in [1.54, 1.807) is 43.5 Å². The number of benzene rings is 3. The number of anilines is 2. The van der Waals surface area contributed by atoms with E-state index in [4.69, 9.17) is 21.1 Å². The highest BCUT2D eigenvalue weighted by Crippen LogP contribution is 2.38. The summed E-state index contributed by atoms with van der Waals surface area (Å²) in [5.74, 6) is 0.610. The number of fused-ring (bicyclic) bond motifs is 2. The first-order valence-electron chi connectivity index (χ1n) is 12.6. The van der Waals surface area contributed by atoms with E-state index in [0.717, 1.165) is 0 Å². The maximum absolute atomic E-state index is 13.6. The largest absolute Gasteiger partial charge is 0.493 e. The summed E-state index contributed by atoms with van der Waals surface area (Å²) in [5.41, 5.74) is 2.15. The van der Waals surface area contributed by atoms with Crippen LogP contribution in [0.5, 0.6) is 11.5 Å². The number of carbonyl (C=O) groups is 2. The van der Waals surface area contributed by atoms with Gasteiger partial charge in [0.1, 0.15) is 18.0 Å². The molecule has 0 spiro atoms. The predicted molar refractivity (Wildman–Crippen MR) is 144 cm³/mol. The average molecular weight is 547 g/mol. The minimum Gasteiger partial charge on any atom is -0.493 e. The highest BCUT2D eigenvalue weighted by molar-refractivity contribution is 6.31. The number of rotatable bonds is 6. The second-order valence-corrected chi connectivity index (χ2v) is 9.98. The van der Waals surface area contributed by atoms with Crippen LogP contribution in [0, 0.1) is 5.82 Å². The molecule has 0 saturated heterocycles. The summed E-state index contributed by atoms with van der Waals surface area (Å²) < 4.78 is 25.6. The van der Waals surface area contributed by atoms with Crippen molar-refractivity contribution in [1.82, 2.24) is 14.9 Å². The van der Waals surface area contributed by atoms with Gasteiger partial charge in [0, 0.05) is 23.2 Å². The van der Waals surface area contributed by atoms with Gasteiger partial charge in [-0.15, -0.1) is 0 Å². The molecule has 1 N–H and O–H groups in total. The molecule has 1 aliphatic carbocycles. The third kappa shape index (κ3) is 4.63. The van der Waals surface area contributed by atoms with Crippen molar-refractivity contribution in [2.45, 2.75) is 37.8 Å². The van der Waals surface area contributed by atoms with Crippen LogP contribution >= 0.6 is 11.6 Å². The summed E-state index contributed by atoms with van der Waals surface area (Å²) in [4.78, 5) is 35.9. The van der Waals surface area contributed by atoms with E-state index >= 15 is 0 Å². The Hall–Kier alpha value is -4.24. The van der Waals surface area contributed by atoms with E-state index in [9.17, 15) is 14.0 Å². The Kier molecular flexibility index (Phi) is 6.52. The monoisotopic (exact) mass is 546 g/mol. The summed E-state index contributed by atoms with van der Waals surface area (Å²) in [6.45, 7) is 0. The van der Waals surface area contributed by atoms with Crippen LogP contribution in [0.15, 0.2) is 60.9 Å². The molecule has 0 atom stereocenters. The Balaban J connectivity index is 1.20. The minimum atomic E-state index is -0.507. The Labute approximate surface area is 228 Å². The van der Waals surface area contributed by atoms with E-state index in [-0.39, 0.29) is 29.0 Å². The Morgan fingerprint density at radius 3 is 2.33 bits per heavy atom. The number of halogens is 2. The average Bonchev–Trinajstić information content (AvgIpc) is 3.21. The van der Waals surface area contributed by atoms with Crippen molar-refractivity contribution in [3.05, 3.63) is 82.9 Å². The zero-order valence-corrected chi connectivity index (χ0v) is 21.7. The van der Waals surface area contributed by atoms with Crippen molar-refractivity contribution < 1.29 is 23.5 Å². The number of hydrogen-bond acceptors (Lipinski definition) is 7. The first kappa shape index (κ1) is 25.1. The molecule has 4 aromatic rings. The van der Waals surface area contributed by atoms with Crippen LogP contribution in [0.1, 0.15) is 46.4 Å². The lowest BCUT2D eigenvalue weighted by Gasteiger charge is -2.33. The molecule has 2 aliphatic rings. The lowest BCUT2D eigenvalue weighted by molar-refractivity contribution is 0.0476. The van der Waals surface area contributed by atoms with Gasteiger partial charge in [0.2, 0.25) is 0 Å². The van der Waals surface area contributed by atoms with Gasteiger partial charge in [0.25, 0.3) is 11.8 Å². The first-order valence-corrected chi connectivity index (χ1v) is 13.0. The van der Waals surface area contributed by atoms with E-state index in [0.29, 0.717) is 70.7 Å². The highest BCUT2D eigenvalue weighted by Gasteiger charge is 2.41. The molecule has 6 rings (SSSR count).